The van der Waals surface area contributed by atoms with Crippen molar-refractivity contribution in [3.05, 3.63) is 96.6 Å². The molecule has 1 amide bonds. The van der Waals surface area contributed by atoms with Gasteiger partial charge in [-0.2, -0.15) is 0 Å². The molecule has 1 saturated heterocycles. The van der Waals surface area contributed by atoms with Crippen LogP contribution in [0, 0.1) is 0 Å². The van der Waals surface area contributed by atoms with E-state index >= 15 is 0 Å². The summed E-state index contributed by atoms with van der Waals surface area (Å²) in [6.45, 7) is 2.72. The van der Waals surface area contributed by atoms with Crippen molar-refractivity contribution < 1.29 is 14.3 Å². The van der Waals surface area contributed by atoms with Gasteiger partial charge in [-0.1, -0.05) is 30.3 Å². The van der Waals surface area contributed by atoms with Crippen LogP contribution in [0.1, 0.15) is 41.7 Å². The number of carbonyl (C=O) groups excluding carboxylic acids is 2. The van der Waals surface area contributed by atoms with E-state index in [4.69, 9.17) is 9.72 Å². The number of Topliss-reactive ketones (excluding diaryl/α,β-unsaturated/α-hetero) is 1. The molecule has 3 heterocycles. The fourth-order valence-electron chi connectivity index (χ4n) is 4.64. The Bertz CT molecular complexity index is 1380. The predicted molar refractivity (Wildman–Crippen MR) is 141 cm³/mol. The maximum Gasteiger partial charge on any atom is 0.260 e. The van der Waals surface area contributed by atoms with Crippen molar-refractivity contribution in [2.24, 2.45) is 0 Å². The van der Waals surface area contributed by atoms with Gasteiger partial charge >= 0.3 is 0 Å². The molecule has 0 radical (unpaired) electrons. The Labute approximate surface area is 216 Å². The molecule has 0 spiro atoms. The number of nitrogens with zero attached hydrogens (tertiary/aromatic N) is 4. The molecule has 0 bridgehead atoms. The van der Waals surface area contributed by atoms with Crippen LogP contribution in [0.3, 0.4) is 0 Å². The number of ketones is 1. The van der Waals surface area contributed by atoms with E-state index in [0.29, 0.717) is 30.2 Å². The van der Waals surface area contributed by atoms with Crippen LogP contribution >= 0.6 is 0 Å². The zero-order valence-corrected chi connectivity index (χ0v) is 20.7. The number of aromatic nitrogens is 3. The van der Waals surface area contributed by atoms with Crippen LogP contribution in [0.4, 0.5) is 0 Å². The van der Waals surface area contributed by atoms with Crippen LogP contribution < -0.4 is 4.74 Å². The summed E-state index contributed by atoms with van der Waals surface area (Å²) in [4.78, 5) is 40.2. The Morgan fingerprint density at radius 1 is 0.973 bits per heavy atom. The van der Waals surface area contributed by atoms with E-state index < -0.39 is 0 Å². The highest BCUT2D eigenvalue weighted by Crippen LogP contribution is 2.34. The number of hydrogen-bond donors (Lipinski definition) is 0. The van der Waals surface area contributed by atoms with Crippen LogP contribution in [-0.2, 0) is 4.79 Å². The normalized spacial score (nSPS) is 15.3. The summed E-state index contributed by atoms with van der Waals surface area (Å²) in [6.07, 6.45) is 7.18. The largest absolute Gasteiger partial charge is 0.484 e. The number of amides is 1. The third-order valence-corrected chi connectivity index (χ3v) is 6.63. The van der Waals surface area contributed by atoms with Crippen molar-refractivity contribution >= 4 is 11.7 Å². The van der Waals surface area contributed by atoms with E-state index in [1.165, 1.54) is 6.92 Å². The Hall–Kier alpha value is -4.39. The highest BCUT2D eigenvalue weighted by atomic mass is 16.5. The van der Waals surface area contributed by atoms with Gasteiger partial charge in [0, 0.05) is 54.3 Å². The summed E-state index contributed by atoms with van der Waals surface area (Å²) in [6, 6.07) is 20.8. The van der Waals surface area contributed by atoms with Crippen LogP contribution in [0.2, 0.25) is 0 Å². The zero-order valence-electron chi connectivity index (χ0n) is 20.7. The Morgan fingerprint density at radius 3 is 2.46 bits per heavy atom. The number of hydrogen-bond acceptors (Lipinski definition) is 6. The second-order valence-corrected chi connectivity index (χ2v) is 9.14. The van der Waals surface area contributed by atoms with Crippen LogP contribution in [0.5, 0.6) is 5.75 Å². The summed E-state index contributed by atoms with van der Waals surface area (Å²) in [5, 5.41) is 0. The van der Waals surface area contributed by atoms with Crippen molar-refractivity contribution in [1.82, 2.24) is 19.9 Å². The number of likely N-dealkylation sites (tertiary alicyclic amines) is 1. The number of piperidine rings is 1. The molecule has 0 N–H and O–H groups in total. The van der Waals surface area contributed by atoms with E-state index in [2.05, 4.69) is 22.1 Å². The average molecular weight is 493 g/mol. The van der Waals surface area contributed by atoms with Gasteiger partial charge in [0.25, 0.3) is 5.91 Å². The fraction of sp³-hybridized carbons (Fsp3) is 0.233. The molecular weight excluding hydrogens is 464 g/mol. The molecule has 1 fully saturated rings. The van der Waals surface area contributed by atoms with Gasteiger partial charge in [-0.05, 0) is 61.7 Å². The number of benzene rings is 2. The van der Waals surface area contributed by atoms with Crippen molar-refractivity contribution in [2.75, 3.05) is 19.7 Å². The number of rotatable bonds is 7. The van der Waals surface area contributed by atoms with Crippen molar-refractivity contribution in [1.29, 1.82) is 0 Å². The lowest BCUT2D eigenvalue weighted by molar-refractivity contribution is -0.134. The van der Waals surface area contributed by atoms with Crippen molar-refractivity contribution in [3.8, 4) is 28.3 Å². The third-order valence-electron chi connectivity index (χ3n) is 6.63. The first kappa shape index (κ1) is 24.3. The third kappa shape index (κ3) is 5.72. The van der Waals surface area contributed by atoms with Gasteiger partial charge < -0.3 is 9.64 Å². The first-order valence-corrected chi connectivity index (χ1v) is 12.4. The van der Waals surface area contributed by atoms with Gasteiger partial charge in [-0.3, -0.25) is 14.6 Å². The summed E-state index contributed by atoms with van der Waals surface area (Å²) < 4.78 is 5.73. The first-order chi connectivity index (χ1) is 18.1. The van der Waals surface area contributed by atoms with Crippen LogP contribution in [0.25, 0.3) is 22.5 Å². The van der Waals surface area contributed by atoms with E-state index in [-0.39, 0.29) is 24.2 Å². The molecule has 4 aromatic rings. The molecule has 1 atom stereocenters. The van der Waals surface area contributed by atoms with E-state index in [9.17, 15) is 9.59 Å². The van der Waals surface area contributed by atoms with E-state index in [1.807, 2.05) is 41.4 Å². The average Bonchev–Trinajstić information content (AvgIpc) is 2.97. The molecule has 186 valence electrons. The maximum atomic E-state index is 13.1. The monoisotopic (exact) mass is 492 g/mol. The quantitative estimate of drug-likeness (QED) is 0.330. The highest BCUT2D eigenvalue weighted by Gasteiger charge is 2.28. The van der Waals surface area contributed by atoms with Crippen molar-refractivity contribution in [3.63, 3.8) is 0 Å². The lowest BCUT2D eigenvalue weighted by Crippen LogP contribution is -2.41. The Morgan fingerprint density at radius 2 is 1.73 bits per heavy atom. The second-order valence-electron chi connectivity index (χ2n) is 9.14. The molecule has 1 aliphatic rings. The highest BCUT2D eigenvalue weighted by molar-refractivity contribution is 5.94. The van der Waals surface area contributed by atoms with Crippen LogP contribution in [-0.4, -0.2) is 51.2 Å². The molecular formula is C30H28N4O3. The first-order valence-electron chi connectivity index (χ1n) is 12.4. The fourth-order valence-corrected chi connectivity index (χ4v) is 4.64. The summed E-state index contributed by atoms with van der Waals surface area (Å²) >= 11 is 0. The summed E-state index contributed by atoms with van der Waals surface area (Å²) in [5.74, 6) is 1.22. The minimum absolute atomic E-state index is 0.00586. The van der Waals surface area contributed by atoms with Crippen LogP contribution in [0.15, 0.2) is 85.3 Å². The topological polar surface area (TPSA) is 85.3 Å². The molecule has 7 nitrogen and oxygen atoms in total. The van der Waals surface area contributed by atoms with Gasteiger partial charge in [0.15, 0.2) is 18.2 Å². The number of ether oxygens (including phenoxy) is 1. The molecule has 37 heavy (non-hydrogen) atoms. The van der Waals surface area contributed by atoms with Gasteiger partial charge in [0.05, 0.1) is 5.69 Å². The second kappa shape index (κ2) is 11.1. The molecule has 2 aromatic heterocycles. The molecule has 5 rings (SSSR count). The molecule has 2 aromatic carbocycles. The Balaban J connectivity index is 1.35. The van der Waals surface area contributed by atoms with E-state index in [0.717, 1.165) is 35.2 Å². The van der Waals surface area contributed by atoms with Crippen molar-refractivity contribution in [2.45, 2.75) is 25.7 Å². The molecule has 1 aliphatic heterocycles. The summed E-state index contributed by atoms with van der Waals surface area (Å²) in [7, 11) is 0. The van der Waals surface area contributed by atoms with Gasteiger partial charge in [0.1, 0.15) is 5.75 Å². The molecule has 7 heteroatoms. The molecule has 0 aliphatic carbocycles. The predicted octanol–water partition coefficient (Wildman–Crippen LogP) is 5.19. The Kier molecular flexibility index (Phi) is 7.31. The maximum absolute atomic E-state index is 13.1. The molecule has 0 saturated carbocycles. The lowest BCUT2D eigenvalue weighted by atomic mass is 9.89. The molecule has 0 unspecified atom stereocenters. The minimum Gasteiger partial charge on any atom is -0.484 e. The SMILES string of the molecule is CC(=O)c1ccc(OCC(=O)N2CCC[C@@H](c3nc(-c4ccncc4)ncc3-c3ccccc3)C2)cc1. The van der Waals surface area contributed by atoms with Gasteiger partial charge in [-0.15, -0.1) is 0 Å². The summed E-state index contributed by atoms with van der Waals surface area (Å²) in [5.41, 5.74) is 4.51. The number of carbonyl (C=O) groups is 2. The smallest absolute Gasteiger partial charge is 0.260 e. The van der Waals surface area contributed by atoms with Gasteiger partial charge in [0.2, 0.25) is 0 Å². The van der Waals surface area contributed by atoms with E-state index in [1.54, 1.807) is 36.7 Å². The number of pyridine rings is 1. The zero-order chi connectivity index (χ0) is 25.6. The standard InChI is InChI=1S/C30H28N4O3/c1-21(35)22-9-11-26(12-10-22)37-20-28(36)34-17-5-8-25(19-34)29-27(23-6-3-2-4-7-23)18-32-30(33-29)24-13-15-31-16-14-24/h2-4,6-7,9-16,18,25H,5,8,17,19-20H2,1H3/t25-/m1/s1. The van der Waals surface area contributed by atoms with Gasteiger partial charge in [-0.25, -0.2) is 9.97 Å². The lowest BCUT2D eigenvalue weighted by Gasteiger charge is -2.33. The minimum atomic E-state index is -0.0648.